The van der Waals surface area contributed by atoms with E-state index >= 15 is 0 Å². The van der Waals surface area contributed by atoms with Gasteiger partial charge in [-0.05, 0) is 48.4 Å². The highest BCUT2D eigenvalue weighted by atomic mass is 16.5. The minimum absolute atomic E-state index is 0.295. The summed E-state index contributed by atoms with van der Waals surface area (Å²) in [5, 5.41) is 7.95. The topological polar surface area (TPSA) is 47.3 Å². The van der Waals surface area contributed by atoms with Crippen molar-refractivity contribution in [1.82, 2.24) is 10.5 Å². The highest BCUT2D eigenvalue weighted by molar-refractivity contribution is 5.58. The maximum atomic E-state index is 5.55. The smallest absolute Gasteiger partial charge is 0.167 e. The molecule has 0 saturated heterocycles. The van der Waals surface area contributed by atoms with E-state index in [-0.39, 0.29) is 0 Å². The van der Waals surface area contributed by atoms with Crippen LogP contribution < -0.4 is 10.1 Å². The lowest BCUT2D eigenvalue weighted by atomic mass is 9.57. The zero-order valence-corrected chi connectivity index (χ0v) is 15.3. The number of hydrogen-bond donors (Lipinski definition) is 1. The lowest BCUT2D eigenvalue weighted by molar-refractivity contribution is 0.00902. The van der Waals surface area contributed by atoms with Crippen LogP contribution in [-0.4, -0.2) is 24.4 Å². The monoisotopic (exact) mass is 328 g/mol. The molecule has 0 unspecified atom stereocenters. The van der Waals surface area contributed by atoms with E-state index in [9.17, 15) is 0 Å². The van der Waals surface area contributed by atoms with Gasteiger partial charge in [0, 0.05) is 23.7 Å². The van der Waals surface area contributed by atoms with Gasteiger partial charge < -0.3 is 14.6 Å². The molecule has 3 rings (SSSR count). The summed E-state index contributed by atoms with van der Waals surface area (Å²) >= 11 is 0. The quantitative estimate of drug-likeness (QED) is 0.858. The van der Waals surface area contributed by atoms with Crippen LogP contribution in [0.4, 0.5) is 0 Å². The summed E-state index contributed by atoms with van der Waals surface area (Å²) in [5.41, 5.74) is 2.37. The van der Waals surface area contributed by atoms with Crippen LogP contribution in [-0.2, 0) is 6.42 Å². The molecule has 1 aromatic heterocycles. The maximum Gasteiger partial charge on any atom is 0.167 e. The van der Waals surface area contributed by atoms with Crippen LogP contribution in [0.3, 0.4) is 0 Å². The molecule has 0 bridgehead atoms. The SMILES string of the molecule is COc1ccc(-c2cc(C[C@@H]3C[C@H](NC(C)C)C3(C)C)no2)cc1. The zero-order chi connectivity index (χ0) is 17.3. The largest absolute Gasteiger partial charge is 0.497 e. The number of rotatable bonds is 6. The van der Waals surface area contributed by atoms with Gasteiger partial charge in [-0.15, -0.1) is 0 Å². The highest BCUT2D eigenvalue weighted by Gasteiger charge is 2.47. The molecule has 4 heteroatoms. The van der Waals surface area contributed by atoms with Gasteiger partial charge >= 0.3 is 0 Å². The first-order chi connectivity index (χ1) is 11.4. The summed E-state index contributed by atoms with van der Waals surface area (Å²) in [6, 6.07) is 11.1. The van der Waals surface area contributed by atoms with Crippen LogP contribution >= 0.6 is 0 Å². The molecular weight excluding hydrogens is 300 g/mol. The minimum Gasteiger partial charge on any atom is -0.497 e. The Bertz CT molecular complexity index is 673. The van der Waals surface area contributed by atoms with Gasteiger partial charge in [0.15, 0.2) is 5.76 Å². The summed E-state index contributed by atoms with van der Waals surface area (Å²) in [5.74, 6) is 2.31. The van der Waals surface area contributed by atoms with Gasteiger partial charge in [0.2, 0.25) is 0 Å². The van der Waals surface area contributed by atoms with Gasteiger partial charge in [-0.25, -0.2) is 0 Å². The van der Waals surface area contributed by atoms with Gasteiger partial charge in [-0.3, -0.25) is 0 Å². The Kier molecular flexibility index (Phi) is 4.68. The van der Waals surface area contributed by atoms with E-state index in [4.69, 9.17) is 9.26 Å². The Morgan fingerprint density at radius 2 is 2.00 bits per heavy atom. The van der Waals surface area contributed by atoms with Crippen molar-refractivity contribution in [2.75, 3.05) is 7.11 Å². The van der Waals surface area contributed by atoms with Gasteiger partial charge in [-0.1, -0.05) is 32.9 Å². The maximum absolute atomic E-state index is 5.55. The average molecular weight is 328 g/mol. The second kappa shape index (κ2) is 6.60. The summed E-state index contributed by atoms with van der Waals surface area (Å²) in [4.78, 5) is 0. The number of ether oxygens (including phenoxy) is 1. The molecule has 0 spiro atoms. The fourth-order valence-corrected chi connectivity index (χ4v) is 3.60. The fourth-order valence-electron chi connectivity index (χ4n) is 3.60. The molecule has 1 heterocycles. The zero-order valence-electron chi connectivity index (χ0n) is 15.3. The number of nitrogens with zero attached hydrogens (tertiary/aromatic N) is 1. The summed E-state index contributed by atoms with van der Waals surface area (Å²) in [6.07, 6.45) is 2.18. The molecule has 1 fully saturated rings. The molecule has 0 aliphatic heterocycles. The van der Waals surface area contributed by atoms with Crippen LogP contribution in [0.25, 0.3) is 11.3 Å². The Balaban J connectivity index is 1.64. The average Bonchev–Trinajstić information content (AvgIpc) is 3.02. The van der Waals surface area contributed by atoms with Gasteiger partial charge in [0.25, 0.3) is 0 Å². The minimum atomic E-state index is 0.295. The summed E-state index contributed by atoms with van der Waals surface area (Å²) in [7, 11) is 1.67. The number of benzene rings is 1. The number of nitrogens with one attached hydrogen (secondary N) is 1. The number of aromatic nitrogens is 1. The third kappa shape index (κ3) is 3.34. The predicted octanol–water partition coefficient (Wildman–Crippen LogP) is 4.31. The first-order valence-corrected chi connectivity index (χ1v) is 8.76. The van der Waals surface area contributed by atoms with Crippen LogP contribution in [0.15, 0.2) is 34.9 Å². The Morgan fingerprint density at radius 3 is 2.58 bits per heavy atom. The van der Waals surface area contributed by atoms with Gasteiger partial charge in [0.1, 0.15) is 5.75 Å². The van der Waals surface area contributed by atoms with E-state index in [1.54, 1.807) is 7.11 Å². The molecule has 1 aliphatic carbocycles. The molecule has 0 radical (unpaired) electrons. The molecule has 4 nitrogen and oxygen atoms in total. The van der Waals surface area contributed by atoms with Crippen molar-refractivity contribution in [2.45, 2.75) is 52.6 Å². The standard InChI is InChI=1S/C20H28N2O2/c1-13(2)21-19-11-15(20(19,3)4)10-16-12-18(24-22-16)14-6-8-17(23-5)9-7-14/h6-9,12-13,15,19,21H,10-11H2,1-5H3/t15-,19+/m1/s1. The van der Waals surface area contributed by atoms with Gasteiger partial charge in [0.05, 0.1) is 12.8 Å². The molecule has 1 aliphatic rings. The summed E-state index contributed by atoms with van der Waals surface area (Å²) in [6.45, 7) is 9.13. The number of hydrogen-bond acceptors (Lipinski definition) is 4. The lowest BCUT2D eigenvalue weighted by Crippen LogP contribution is -2.58. The van der Waals surface area contributed by atoms with Crippen molar-refractivity contribution in [2.24, 2.45) is 11.3 Å². The van der Waals surface area contributed by atoms with E-state index in [1.807, 2.05) is 24.3 Å². The first kappa shape index (κ1) is 17.0. The van der Waals surface area contributed by atoms with Crippen molar-refractivity contribution in [1.29, 1.82) is 0 Å². The summed E-state index contributed by atoms with van der Waals surface area (Å²) < 4.78 is 10.7. The molecule has 2 atom stereocenters. The normalized spacial score (nSPS) is 22.4. The predicted molar refractivity (Wildman–Crippen MR) is 96.1 cm³/mol. The Labute approximate surface area is 144 Å². The second-order valence-electron chi connectivity index (χ2n) is 7.74. The van der Waals surface area contributed by atoms with E-state index < -0.39 is 0 Å². The van der Waals surface area contributed by atoms with Crippen LogP contribution in [0.2, 0.25) is 0 Å². The second-order valence-corrected chi connectivity index (χ2v) is 7.74. The van der Waals surface area contributed by atoms with E-state index in [1.165, 1.54) is 6.42 Å². The van der Waals surface area contributed by atoms with E-state index in [0.717, 1.165) is 29.2 Å². The van der Waals surface area contributed by atoms with Crippen LogP contribution in [0, 0.1) is 11.3 Å². The Hall–Kier alpha value is -1.81. The molecular formula is C20H28N2O2. The fraction of sp³-hybridized carbons (Fsp3) is 0.550. The van der Waals surface area contributed by atoms with Gasteiger partial charge in [-0.2, -0.15) is 0 Å². The van der Waals surface area contributed by atoms with Crippen molar-refractivity contribution in [3.63, 3.8) is 0 Å². The third-order valence-electron chi connectivity index (χ3n) is 5.39. The van der Waals surface area contributed by atoms with Crippen molar-refractivity contribution in [3.05, 3.63) is 36.0 Å². The lowest BCUT2D eigenvalue weighted by Gasteiger charge is -2.53. The highest BCUT2D eigenvalue weighted by Crippen LogP contribution is 2.48. The third-order valence-corrected chi connectivity index (χ3v) is 5.39. The molecule has 0 amide bonds. The molecule has 1 aromatic carbocycles. The molecule has 1 N–H and O–H groups in total. The van der Waals surface area contributed by atoms with E-state index in [2.05, 4.69) is 44.2 Å². The van der Waals surface area contributed by atoms with Crippen LogP contribution in [0.5, 0.6) is 5.75 Å². The molecule has 24 heavy (non-hydrogen) atoms. The molecule has 130 valence electrons. The van der Waals surface area contributed by atoms with Crippen molar-refractivity contribution < 1.29 is 9.26 Å². The Morgan fingerprint density at radius 1 is 1.29 bits per heavy atom. The van der Waals surface area contributed by atoms with Crippen molar-refractivity contribution >= 4 is 0 Å². The number of methoxy groups -OCH3 is 1. The molecule has 2 aromatic rings. The molecule has 1 saturated carbocycles. The van der Waals surface area contributed by atoms with Crippen LogP contribution in [0.1, 0.15) is 39.8 Å². The van der Waals surface area contributed by atoms with E-state index in [0.29, 0.717) is 23.4 Å². The van der Waals surface area contributed by atoms with Crippen molar-refractivity contribution in [3.8, 4) is 17.1 Å². The first-order valence-electron chi connectivity index (χ1n) is 8.76.